The molecule has 1 N–H and O–H groups in total. The highest BCUT2D eigenvalue weighted by Gasteiger charge is 2.21. The number of carboxylic acid groups (broad SMARTS) is 1. The van der Waals surface area contributed by atoms with Crippen molar-refractivity contribution in [3.05, 3.63) is 29.7 Å². The number of ether oxygens (including phenoxy) is 2. The number of nitrogens with zero attached hydrogens (tertiary/aromatic N) is 2. The Labute approximate surface area is 128 Å². The molecule has 1 atom stereocenters. The van der Waals surface area contributed by atoms with E-state index >= 15 is 0 Å². The molecule has 0 aliphatic carbocycles. The van der Waals surface area contributed by atoms with Crippen LogP contribution in [0.1, 0.15) is 48.7 Å². The standard InChI is InChI=1S/C16H20N2O4/c1-10(2)22-14-6-12(16(19)20)7-18-8-13(17-15(14)18)11-4-3-5-21-9-11/h6-8,10-11H,3-5,9H2,1-2H3,(H,19,20). The van der Waals surface area contributed by atoms with Crippen molar-refractivity contribution < 1.29 is 19.4 Å². The van der Waals surface area contributed by atoms with Crippen LogP contribution in [-0.2, 0) is 4.74 Å². The summed E-state index contributed by atoms with van der Waals surface area (Å²) in [5, 5.41) is 9.25. The van der Waals surface area contributed by atoms with E-state index < -0.39 is 5.97 Å². The molecule has 0 aromatic carbocycles. The predicted octanol–water partition coefficient (Wildman–Crippen LogP) is 2.71. The molecule has 22 heavy (non-hydrogen) atoms. The van der Waals surface area contributed by atoms with Gasteiger partial charge in [-0.25, -0.2) is 9.78 Å². The molecule has 1 fully saturated rings. The van der Waals surface area contributed by atoms with Gasteiger partial charge in [0.15, 0.2) is 11.4 Å². The van der Waals surface area contributed by atoms with Crippen molar-refractivity contribution in [2.45, 2.75) is 38.7 Å². The molecule has 6 nitrogen and oxygen atoms in total. The topological polar surface area (TPSA) is 73.1 Å². The zero-order chi connectivity index (χ0) is 15.7. The van der Waals surface area contributed by atoms with Crippen molar-refractivity contribution >= 4 is 11.6 Å². The highest BCUT2D eigenvalue weighted by atomic mass is 16.5. The Balaban J connectivity index is 2.05. The molecule has 0 amide bonds. The minimum atomic E-state index is -0.980. The summed E-state index contributed by atoms with van der Waals surface area (Å²) in [6.45, 7) is 5.27. The summed E-state index contributed by atoms with van der Waals surface area (Å²) in [7, 11) is 0. The van der Waals surface area contributed by atoms with Crippen LogP contribution < -0.4 is 4.74 Å². The number of fused-ring (bicyclic) bond motifs is 1. The first kappa shape index (κ1) is 14.8. The van der Waals surface area contributed by atoms with Gasteiger partial charge in [-0.15, -0.1) is 0 Å². The predicted molar refractivity (Wildman–Crippen MR) is 80.7 cm³/mol. The van der Waals surface area contributed by atoms with Crippen LogP contribution in [0.2, 0.25) is 0 Å². The number of aromatic carboxylic acids is 1. The van der Waals surface area contributed by atoms with E-state index in [1.54, 1.807) is 10.6 Å². The molecule has 1 saturated heterocycles. The maximum Gasteiger partial charge on any atom is 0.337 e. The molecule has 3 heterocycles. The summed E-state index contributed by atoms with van der Waals surface area (Å²) in [4.78, 5) is 15.9. The lowest BCUT2D eigenvalue weighted by Crippen LogP contribution is -2.15. The van der Waals surface area contributed by atoms with Crippen molar-refractivity contribution in [3.63, 3.8) is 0 Å². The first-order valence-corrected chi connectivity index (χ1v) is 7.55. The van der Waals surface area contributed by atoms with E-state index in [0.717, 1.165) is 25.1 Å². The number of imidazole rings is 1. The number of pyridine rings is 1. The van der Waals surface area contributed by atoms with Gasteiger partial charge in [-0.3, -0.25) is 0 Å². The van der Waals surface area contributed by atoms with Crippen molar-refractivity contribution in [1.82, 2.24) is 9.38 Å². The van der Waals surface area contributed by atoms with Crippen LogP contribution in [-0.4, -0.2) is 39.8 Å². The second kappa shape index (κ2) is 5.96. The summed E-state index contributed by atoms with van der Waals surface area (Å²) in [6.07, 6.45) is 5.47. The lowest BCUT2D eigenvalue weighted by molar-refractivity contribution is 0.0695. The first-order valence-electron chi connectivity index (χ1n) is 7.55. The van der Waals surface area contributed by atoms with Gasteiger partial charge in [0.05, 0.1) is 24.0 Å². The average Bonchev–Trinajstić information content (AvgIpc) is 2.92. The van der Waals surface area contributed by atoms with Gasteiger partial charge in [-0.1, -0.05) is 0 Å². The van der Waals surface area contributed by atoms with E-state index in [1.165, 1.54) is 6.07 Å². The Hall–Kier alpha value is -2.08. The highest BCUT2D eigenvalue weighted by molar-refractivity contribution is 5.88. The Bertz CT molecular complexity index is 687. The smallest absolute Gasteiger partial charge is 0.337 e. The van der Waals surface area contributed by atoms with Gasteiger partial charge in [0.25, 0.3) is 0 Å². The van der Waals surface area contributed by atoms with E-state index in [-0.39, 0.29) is 17.6 Å². The summed E-state index contributed by atoms with van der Waals surface area (Å²) in [5.74, 6) is -0.224. The molecular weight excluding hydrogens is 284 g/mol. The average molecular weight is 304 g/mol. The van der Waals surface area contributed by atoms with E-state index in [2.05, 4.69) is 4.98 Å². The van der Waals surface area contributed by atoms with E-state index in [9.17, 15) is 9.90 Å². The molecule has 1 aliphatic heterocycles. The number of rotatable bonds is 4. The lowest BCUT2D eigenvalue weighted by Gasteiger charge is -2.19. The zero-order valence-electron chi connectivity index (χ0n) is 12.8. The Morgan fingerprint density at radius 2 is 2.32 bits per heavy atom. The van der Waals surface area contributed by atoms with Gasteiger partial charge >= 0.3 is 5.97 Å². The monoisotopic (exact) mass is 304 g/mol. The van der Waals surface area contributed by atoms with Crippen LogP contribution in [0.4, 0.5) is 0 Å². The summed E-state index contributed by atoms with van der Waals surface area (Å²) < 4.78 is 13.0. The number of carboxylic acids is 1. The van der Waals surface area contributed by atoms with Crippen LogP contribution in [0.3, 0.4) is 0 Å². The Morgan fingerprint density at radius 3 is 2.95 bits per heavy atom. The van der Waals surface area contributed by atoms with Crippen molar-refractivity contribution in [3.8, 4) is 5.75 Å². The minimum Gasteiger partial charge on any atom is -0.487 e. The van der Waals surface area contributed by atoms with Crippen LogP contribution >= 0.6 is 0 Å². The normalized spacial score (nSPS) is 18.8. The van der Waals surface area contributed by atoms with Crippen molar-refractivity contribution in [1.29, 1.82) is 0 Å². The third-order valence-electron chi connectivity index (χ3n) is 3.72. The number of hydrogen-bond acceptors (Lipinski definition) is 4. The number of carbonyl (C=O) groups is 1. The van der Waals surface area contributed by atoms with Gasteiger partial charge in [-0.2, -0.15) is 0 Å². The maximum atomic E-state index is 11.3. The third kappa shape index (κ3) is 2.92. The zero-order valence-corrected chi connectivity index (χ0v) is 12.8. The fraction of sp³-hybridized carbons (Fsp3) is 0.500. The van der Waals surface area contributed by atoms with Gasteiger partial charge in [0, 0.05) is 31.0 Å². The lowest BCUT2D eigenvalue weighted by atomic mass is 9.99. The van der Waals surface area contributed by atoms with Crippen LogP contribution in [0, 0.1) is 0 Å². The fourth-order valence-electron chi connectivity index (χ4n) is 2.71. The molecule has 6 heteroatoms. The molecule has 0 bridgehead atoms. The minimum absolute atomic E-state index is 0.0500. The van der Waals surface area contributed by atoms with E-state index in [0.29, 0.717) is 18.0 Å². The molecule has 2 aromatic rings. The fourth-order valence-corrected chi connectivity index (χ4v) is 2.71. The molecule has 2 aromatic heterocycles. The van der Waals surface area contributed by atoms with Crippen molar-refractivity contribution in [2.75, 3.05) is 13.2 Å². The summed E-state index contributed by atoms with van der Waals surface area (Å²) >= 11 is 0. The van der Waals surface area contributed by atoms with Crippen LogP contribution in [0.5, 0.6) is 5.75 Å². The molecule has 118 valence electrons. The molecule has 3 rings (SSSR count). The largest absolute Gasteiger partial charge is 0.487 e. The maximum absolute atomic E-state index is 11.3. The quantitative estimate of drug-likeness (QED) is 0.940. The molecule has 1 aliphatic rings. The van der Waals surface area contributed by atoms with Gasteiger partial charge in [0.2, 0.25) is 0 Å². The SMILES string of the molecule is CC(C)Oc1cc(C(=O)O)cn2cc(C3CCCOC3)nc12. The van der Waals surface area contributed by atoms with E-state index in [1.807, 2.05) is 20.0 Å². The van der Waals surface area contributed by atoms with Crippen molar-refractivity contribution in [2.24, 2.45) is 0 Å². The van der Waals surface area contributed by atoms with Crippen LogP contribution in [0.15, 0.2) is 18.5 Å². The Morgan fingerprint density at radius 1 is 1.50 bits per heavy atom. The molecule has 0 spiro atoms. The van der Waals surface area contributed by atoms with Gasteiger partial charge in [-0.05, 0) is 26.7 Å². The Kier molecular flexibility index (Phi) is 4.02. The van der Waals surface area contributed by atoms with Gasteiger partial charge in [0.1, 0.15) is 0 Å². The number of hydrogen-bond donors (Lipinski definition) is 1. The molecule has 1 unspecified atom stereocenters. The third-order valence-corrected chi connectivity index (χ3v) is 3.72. The van der Waals surface area contributed by atoms with Gasteiger partial charge < -0.3 is 19.0 Å². The van der Waals surface area contributed by atoms with E-state index in [4.69, 9.17) is 9.47 Å². The highest BCUT2D eigenvalue weighted by Crippen LogP contribution is 2.29. The molecule has 0 saturated carbocycles. The second-order valence-electron chi connectivity index (χ2n) is 5.88. The molecular formula is C16H20N2O4. The van der Waals surface area contributed by atoms with Crippen LogP contribution in [0.25, 0.3) is 5.65 Å². The first-order chi connectivity index (χ1) is 10.5. The summed E-state index contributed by atoms with van der Waals surface area (Å²) in [6, 6.07) is 1.53. The molecule has 0 radical (unpaired) electrons. The second-order valence-corrected chi connectivity index (χ2v) is 5.88. The summed E-state index contributed by atoms with van der Waals surface area (Å²) in [5.41, 5.74) is 1.77. The number of aromatic nitrogens is 2.